The Hall–Kier alpha value is -1.15. The molecule has 0 amide bonds. The topological polar surface area (TPSA) is 37.3 Å². The van der Waals surface area contributed by atoms with E-state index in [1.54, 1.807) is 0 Å². The van der Waals surface area contributed by atoms with Gasteiger partial charge in [0.05, 0.1) is 6.10 Å². The second kappa shape index (κ2) is 8.21. The van der Waals surface area contributed by atoms with Crippen molar-refractivity contribution in [1.29, 1.82) is 0 Å². The number of carbonyl (C=O) groups is 1. The minimum atomic E-state index is -0.272. The Balaban J connectivity index is 2.50. The number of hydrogen-bond donors (Lipinski definition) is 1. The molecule has 1 rings (SSSR count). The Bertz CT molecular complexity index is 435. The van der Waals surface area contributed by atoms with Gasteiger partial charge in [0, 0.05) is 12.0 Å². The van der Waals surface area contributed by atoms with E-state index in [0.717, 1.165) is 36.8 Å². The molecular weight excluding hydrogens is 248 g/mol. The van der Waals surface area contributed by atoms with Gasteiger partial charge >= 0.3 is 0 Å². The molecule has 2 heteroatoms. The van der Waals surface area contributed by atoms with Crippen LogP contribution in [0, 0.1) is 19.8 Å². The molecule has 0 heterocycles. The maximum atomic E-state index is 12.2. The molecule has 112 valence electrons. The minimum absolute atomic E-state index is 0.225. The second-order valence-electron chi connectivity index (χ2n) is 5.92. The molecule has 0 fully saturated rings. The SMILES string of the molecule is CCCC(CCCC(=O)c1ccc(C)cc1C)C(C)O. The molecule has 1 aromatic carbocycles. The van der Waals surface area contributed by atoms with Gasteiger partial charge in [-0.25, -0.2) is 0 Å². The van der Waals surface area contributed by atoms with Crippen molar-refractivity contribution < 1.29 is 9.90 Å². The summed E-state index contributed by atoms with van der Waals surface area (Å²) in [6.45, 7) is 8.03. The molecule has 1 aromatic rings. The van der Waals surface area contributed by atoms with E-state index in [0.29, 0.717) is 12.3 Å². The molecule has 0 bridgehead atoms. The summed E-state index contributed by atoms with van der Waals surface area (Å²) in [5.74, 6) is 0.551. The van der Waals surface area contributed by atoms with Crippen LogP contribution in [0.3, 0.4) is 0 Å². The van der Waals surface area contributed by atoms with E-state index in [-0.39, 0.29) is 11.9 Å². The van der Waals surface area contributed by atoms with Crippen molar-refractivity contribution in [2.24, 2.45) is 5.92 Å². The van der Waals surface area contributed by atoms with Crippen LogP contribution in [-0.2, 0) is 0 Å². The van der Waals surface area contributed by atoms with E-state index in [1.807, 2.05) is 32.9 Å². The summed E-state index contributed by atoms with van der Waals surface area (Å²) in [5.41, 5.74) is 3.10. The second-order valence-corrected chi connectivity index (χ2v) is 5.92. The number of benzene rings is 1. The first-order valence-corrected chi connectivity index (χ1v) is 7.74. The molecule has 0 aliphatic rings. The lowest BCUT2D eigenvalue weighted by atomic mass is 9.91. The fourth-order valence-corrected chi connectivity index (χ4v) is 2.78. The average Bonchev–Trinajstić information content (AvgIpc) is 2.37. The summed E-state index contributed by atoms with van der Waals surface area (Å²) in [6.07, 6.45) is 4.22. The van der Waals surface area contributed by atoms with Crippen LogP contribution in [0.25, 0.3) is 0 Å². The van der Waals surface area contributed by atoms with Crippen molar-refractivity contribution >= 4 is 5.78 Å². The first-order chi connectivity index (χ1) is 9.45. The number of carbonyl (C=O) groups excluding carboxylic acids is 1. The molecule has 2 nitrogen and oxygen atoms in total. The first kappa shape index (κ1) is 16.9. The highest BCUT2D eigenvalue weighted by Crippen LogP contribution is 2.20. The molecular formula is C18H28O2. The first-order valence-electron chi connectivity index (χ1n) is 7.74. The maximum Gasteiger partial charge on any atom is 0.163 e. The Kier molecular flexibility index (Phi) is 6.94. The number of ketones is 1. The lowest BCUT2D eigenvalue weighted by molar-refractivity contribution is 0.0947. The Morgan fingerprint density at radius 1 is 1.25 bits per heavy atom. The van der Waals surface area contributed by atoms with Gasteiger partial charge < -0.3 is 5.11 Å². The molecule has 20 heavy (non-hydrogen) atoms. The summed E-state index contributed by atoms with van der Waals surface area (Å²) in [7, 11) is 0. The number of aliphatic hydroxyl groups is 1. The molecule has 0 spiro atoms. The number of aliphatic hydroxyl groups excluding tert-OH is 1. The molecule has 0 radical (unpaired) electrons. The monoisotopic (exact) mass is 276 g/mol. The summed E-state index contributed by atoms with van der Waals surface area (Å²) < 4.78 is 0. The van der Waals surface area contributed by atoms with Crippen LogP contribution in [0.15, 0.2) is 18.2 Å². The highest BCUT2D eigenvalue weighted by atomic mass is 16.3. The van der Waals surface area contributed by atoms with Crippen LogP contribution in [0.5, 0.6) is 0 Å². The van der Waals surface area contributed by atoms with Gasteiger partial charge in [0.1, 0.15) is 0 Å². The molecule has 2 atom stereocenters. The minimum Gasteiger partial charge on any atom is -0.393 e. The smallest absolute Gasteiger partial charge is 0.163 e. The third kappa shape index (κ3) is 5.09. The van der Waals surface area contributed by atoms with Gasteiger partial charge in [-0.05, 0) is 51.5 Å². The van der Waals surface area contributed by atoms with Crippen LogP contribution in [0.2, 0.25) is 0 Å². The van der Waals surface area contributed by atoms with Crippen LogP contribution in [0.4, 0.5) is 0 Å². The highest BCUT2D eigenvalue weighted by molar-refractivity contribution is 5.97. The number of Topliss-reactive ketones (excluding diaryl/α,β-unsaturated/α-hetero) is 1. The van der Waals surface area contributed by atoms with Gasteiger partial charge in [-0.15, -0.1) is 0 Å². The molecule has 0 saturated heterocycles. The van der Waals surface area contributed by atoms with Crippen molar-refractivity contribution in [3.63, 3.8) is 0 Å². The molecule has 0 aliphatic heterocycles. The lowest BCUT2D eigenvalue weighted by Gasteiger charge is -2.18. The fourth-order valence-electron chi connectivity index (χ4n) is 2.78. The van der Waals surface area contributed by atoms with Gasteiger partial charge in [0.2, 0.25) is 0 Å². The van der Waals surface area contributed by atoms with Crippen LogP contribution in [-0.4, -0.2) is 17.0 Å². The van der Waals surface area contributed by atoms with Crippen LogP contribution < -0.4 is 0 Å². The normalized spacial score (nSPS) is 14.1. The van der Waals surface area contributed by atoms with E-state index in [1.165, 1.54) is 5.56 Å². The quantitative estimate of drug-likeness (QED) is 0.712. The zero-order chi connectivity index (χ0) is 15.1. The summed E-state index contributed by atoms with van der Waals surface area (Å²) in [4.78, 5) is 12.2. The van der Waals surface area contributed by atoms with Crippen molar-refractivity contribution in [3.8, 4) is 0 Å². The predicted molar refractivity (Wildman–Crippen MR) is 84.2 cm³/mol. The summed E-state index contributed by atoms with van der Waals surface area (Å²) in [5, 5.41) is 9.72. The average molecular weight is 276 g/mol. The van der Waals surface area contributed by atoms with E-state index < -0.39 is 0 Å². The third-order valence-corrected chi connectivity index (χ3v) is 4.00. The zero-order valence-corrected chi connectivity index (χ0v) is 13.3. The van der Waals surface area contributed by atoms with Crippen LogP contribution in [0.1, 0.15) is 67.4 Å². The molecule has 0 aliphatic carbocycles. The van der Waals surface area contributed by atoms with E-state index in [4.69, 9.17) is 0 Å². The molecule has 0 aromatic heterocycles. The van der Waals surface area contributed by atoms with Gasteiger partial charge in [0.25, 0.3) is 0 Å². The fraction of sp³-hybridized carbons (Fsp3) is 0.611. The van der Waals surface area contributed by atoms with Crippen molar-refractivity contribution in [2.75, 3.05) is 0 Å². The molecule has 1 N–H and O–H groups in total. The van der Waals surface area contributed by atoms with E-state index in [9.17, 15) is 9.90 Å². The Labute approximate surface area is 123 Å². The van der Waals surface area contributed by atoms with E-state index >= 15 is 0 Å². The Morgan fingerprint density at radius 3 is 2.50 bits per heavy atom. The largest absolute Gasteiger partial charge is 0.393 e. The lowest BCUT2D eigenvalue weighted by Crippen LogP contribution is -2.17. The predicted octanol–water partition coefficient (Wildman–Crippen LogP) is 4.45. The third-order valence-electron chi connectivity index (χ3n) is 4.00. The standard InChI is InChI=1S/C18H28O2/c1-5-7-16(15(4)19)8-6-9-18(20)17-11-10-13(2)12-14(17)3/h10-12,15-16,19H,5-9H2,1-4H3. The number of rotatable bonds is 8. The van der Waals surface area contributed by atoms with E-state index in [2.05, 4.69) is 13.0 Å². The summed E-state index contributed by atoms with van der Waals surface area (Å²) in [6, 6.07) is 5.99. The van der Waals surface area contributed by atoms with Crippen molar-refractivity contribution in [1.82, 2.24) is 0 Å². The van der Waals surface area contributed by atoms with Crippen molar-refractivity contribution in [3.05, 3.63) is 34.9 Å². The van der Waals surface area contributed by atoms with Gasteiger partial charge in [-0.2, -0.15) is 0 Å². The van der Waals surface area contributed by atoms with Gasteiger partial charge in [0.15, 0.2) is 5.78 Å². The summed E-state index contributed by atoms with van der Waals surface area (Å²) >= 11 is 0. The molecule has 2 unspecified atom stereocenters. The maximum absolute atomic E-state index is 12.2. The molecule has 0 saturated carbocycles. The van der Waals surface area contributed by atoms with Gasteiger partial charge in [-0.1, -0.05) is 37.1 Å². The number of aryl methyl sites for hydroxylation is 2. The van der Waals surface area contributed by atoms with Crippen molar-refractivity contribution in [2.45, 2.75) is 65.9 Å². The Morgan fingerprint density at radius 2 is 1.95 bits per heavy atom. The number of hydrogen-bond acceptors (Lipinski definition) is 2. The highest BCUT2D eigenvalue weighted by Gasteiger charge is 2.15. The van der Waals surface area contributed by atoms with Crippen LogP contribution >= 0.6 is 0 Å². The zero-order valence-electron chi connectivity index (χ0n) is 13.3. The van der Waals surface area contributed by atoms with Gasteiger partial charge in [-0.3, -0.25) is 4.79 Å².